The molecule has 2 nitrogen and oxygen atoms in total. The summed E-state index contributed by atoms with van der Waals surface area (Å²) in [5.41, 5.74) is 0.843. The molecule has 0 radical (unpaired) electrons. The highest BCUT2D eigenvalue weighted by Crippen LogP contribution is 2.32. The summed E-state index contributed by atoms with van der Waals surface area (Å²) in [4.78, 5) is 0. The van der Waals surface area contributed by atoms with Crippen LogP contribution in [-0.4, -0.2) is 16.8 Å². The van der Waals surface area contributed by atoms with Crippen LogP contribution in [-0.2, 0) is 6.42 Å². The molecule has 0 unspecified atom stereocenters. The molecule has 0 aliphatic heterocycles. The highest BCUT2D eigenvalue weighted by Gasteiger charge is 2.06. The zero-order chi connectivity index (χ0) is 9.84. The monoisotopic (exact) mass is 308 g/mol. The van der Waals surface area contributed by atoms with Crippen molar-refractivity contribution in [1.29, 1.82) is 0 Å². The van der Waals surface area contributed by atoms with Gasteiger partial charge in [0.2, 0.25) is 0 Å². The second-order valence-electron chi connectivity index (χ2n) is 2.72. The first-order valence-corrected chi connectivity index (χ1v) is 5.51. The Bertz CT molecular complexity index is 300. The number of aromatic hydroxyl groups is 1. The average Bonchev–Trinajstić information content (AvgIpc) is 2.09. The molecule has 0 spiro atoms. The van der Waals surface area contributed by atoms with Crippen molar-refractivity contribution in [2.45, 2.75) is 12.8 Å². The highest BCUT2D eigenvalue weighted by molar-refractivity contribution is 9.11. The fourth-order valence-electron chi connectivity index (χ4n) is 1.08. The zero-order valence-corrected chi connectivity index (χ0v) is 10.1. The maximum absolute atomic E-state index is 9.60. The van der Waals surface area contributed by atoms with E-state index in [0.717, 1.165) is 10.0 Å². The number of aliphatic hydroxyl groups is 1. The predicted octanol–water partition coefficient (Wildman–Crippen LogP) is 2.84. The Morgan fingerprint density at radius 3 is 2.54 bits per heavy atom. The van der Waals surface area contributed by atoms with E-state index >= 15 is 0 Å². The lowest BCUT2D eigenvalue weighted by atomic mass is 10.1. The molecule has 4 heteroatoms. The molecule has 0 saturated heterocycles. The van der Waals surface area contributed by atoms with Crippen molar-refractivity contribution in [2.24, 2.45) is 0 Å². The molecule has 0 aromatic heterocycles. The fourth-order valence-corrected chi connectivity index (χ4v) is 2.39. The summed E-state index contributed by atoms with van der Waals surface area (Å²) in [6, 6.07) is 3.65. The maximum Gasteiger partial charge on any atom is 0.133 e. The molecular formula is C9H10Br2O2. The summed E-state index contributed by atoms with van der Waals surface area (Å²) in [5, 5.41) is 18.3. The van der Waals surface area contributed by atoms with Gasteiger partial charge in [-0.1, -0.05) is 15.9 Å². The summed E-state index contributed by atoms with van der Waals surface area (Å²) in [6.45, 7) is 0.142. The van der Waals surface area contributed by atoms with Crippen LogP contribution in [0.5, 0.6) is 5.75 Å². The van der Waals surface area contributed by atoms with Crippen molar-refractivity contribution in [3.63, 3.8) is 0 Å². The summed E-state index contributed by atoms with van der Waals surface area (Å²) >= 11 is 6.58. The van der Waals surface area contributed by atoms with Gasteiger partial charge < -0.3 is 10.2 Å². The van der Waals surface area contributed by atoms with E-state index in [1.807, 2.05) is 6.07 Å². The SMILES string of the molecule is OCCCc1cc(Br)cc(Br)c1O. The van der Waals surface area contributed by atoms with E-state index in [4.69, 9.17) is 5.11 Å². The molecule has 72 valence electrons. The largest absolute Gasteiger partial charge is 0.506 e. The molecule has 0 atom stereocenters. The number of halogens is 2. The number of phenols is 1. The lowest BCUT2D eigenvalue weighted by Crippen LogP contribution is -1.90. The molecule has 1 aromatic rings. The summed E-state index contributed by atoms with van der Waals surface area (Å²) in [5.74, 6) is 0.261. The number of hydrogen-bond acceptors (Lipinski definition) is 2. The van der Waals surface area contributed by atoms with Gasteiger partial charge in [0.05, 0.1) is 4.47 Å². The van der Waals surface area contributed by atoms with Crippen LogP contribution in [0.2, 0.25) is 0 Å². The van der Waals surface area contributed by atoms with Crippen molar-refractivity contribution in [3.8, 4) is 5.75 Å². The molecule has 0 bridgehead atoms. The smallest absolute Gasteiger partial charge is 0.133 e. The third-order valence-electron chi connectivity index (χ3n) is 1.71. The molecule has 1 aromatic carbocycles. The second-order valence-corrected chi connectivity index (χ2v) is 4.49. The third kappa shape index (κ3) is 2.97. The normalized spacial score (nSPS) is 10.4. The van der Waals surface area contributed by atoms with E-state index in [2.05, 4.69) is 31.9 Å². The van der Waals surface area contributed by atoms with Crippen molar-refractivity contribution in [2.75, 3.05) is 6.61 Å². The fraction of sp³-hybridized carbons (Fsp3) is 0.333. The van der Waals surface area contributed by atoms with Crippen LogP contribution in [0.4, 0.5) is 0 Å². The van der Waals surface area contributed by atoms with Crippen LogP contribution in [0.3, 0.4) is 0 Å². The summed E-state index contributed by atoms with van der Waals surface area (Å²) in [6.07, 6.45) is 1.34. The van der Waals surface area contributed by atoms with Gasteiger partial charge in [-0.3, -0.25) is 0 Å². The molecule has 0 heterocycles. The van der Waals surface area contributed by atoms with Gasteiger partial charge in [-0.05, 0) is 46.5 Å². The Kier molecular flexibility index (Phi) is 4.22. The number of aryl methyl sites for hydroxylation is 1. The second kappa shape index (κ2) is 4.98. The quantitative estimate of drug-likeness (QED) is 0.901. The minimum absolute atomic E-state index is 0.142. The van der Waals surface area contributed by atoms with Gasteiger partial charge in [0, 0.05) is 11.1 Å². The first-order chi connectivity index (χ1) is 6.15. The molecule has 2 N–H and O–H groups in total. The Morgan fingerprint density at radius 1 is 1.23 bits per heavy atom. The van der Waals surface area contributed by atoms with E-state index in [1.54, 1.807) is 6.07 Å². The van der Waals surface area contributed by atoms with Crippen molar-refractivity contribution >= 4 is 31.9 Å². The molecule has 0 aliphatic carbocycles. The predicted molar refractivity (Wildman–Crippen MR) is 58.9 cm³/mol. The van der Waals surface area contributed by atoms with Gasteiger partial charge in [0.25, 0.3) is 0 Å². The number of phenolic OH excluding ortho intramolecular Hbond substituents is 1. The minimum atomic E-state index is 0.142. The highest BCUT2D eigenvalue weighted by atomic mass is 79.9. The van der Waals surface area contributed by atoms with Crippen LogP contribution in [0.15, 0.2) is 21.1 Å². The first-order valence-electron chi connectivity index (χ1n) is 3.93. The van der Waals surface area contributed by atoms with Crippen LogP contribution in [0, 0.1) is 0 Å². The maximum atomic E-state index is 9.60. The van der Waals surface area contributed by atoms with Gasteiger partial charge in [-0.2, -0.15) is 0 Å². The van der Waals surface area contributed by atoms with Crippen molar-refractivity contribution in [3.05, 3.63) is 26.6 Å². The van der Waals surface area contributed by atoms with Crippen LogP contribution in [0.25, 0.3) is 0 Å². The number of aliphatic hydroxyl groups excluding tert-OH is 1. The third-order valence-corrected chi connectivity index (χ3v) is 2.77. The Labute approximate surface area is 93.8 Å². The summed E-state index contributed by atoms with van der Waals surface area (Å²) in [7, 11) is 0. The first kappa shape index (κ1) is 11.0. The van der Waals surface area contributed by atoms with Gasteiger partial charge >= 0.3 is 0 Å². The lowest BCUT2D eigenvalue weighted by Gasteiger charge is -2.06. The van der Waals surface area contributed by atoms with Gasteiger partial charge in [-0.25, -0.2) is 0 Å². The summed E-state index contributed by atoms with van der Waals surface area (Å²) < 4.78 is 1.60. The molecule has 0 saturated carbocycles. The average molecular weight is 310 g/mol. The van der Waals surface area contributed by atoms with Gasteiger partial charge in [0.15, 0.2) is 0 Å². The topological polar surface area (TPSA) is 40.5 Å². The van der Waals surface area contributed by atoms with E-state index < -0.39 is 0 Å². The molecule has 0 aliphatic rings. The van der Waals surface area contributed by atoms with Gasteiger partial charge in [-0.15, -0.1) is 0 Å². The van der Waals surface area contributed by atoms with E-state index in [-0.39, 0.29) is 12.4 Å². The van der Waals surface area contributed by atoms with E-state index in [9.17, 15) is 5.11 Å². The van der Waals surface area contributed by atoms with Crippen LogP contribution >= 0.6 is 31.9 Å². The number of hydrogen-bond donors (Lipinski definition) is 2. The zero-order valence-electron chi connectivity index (χ0n) is 6.93. The van der Waals surface area contributed by atoms with Crippen molar-refractivity contribution in [1.82, 2.24) is 0 Å². The van der Waals surface area contributed by atoms with E-state index in [1.165, 1.54) is 0 Å². The molecule has 0 fully saturated rings. The standard InChI is InChI=1S/C9H10Br2O2/c10-7-4-6(2-1-3-12)9(13)8(11)5-7/h4-5,12-13H,1-3H2. The Morgan fingerprint density at radius 2 is 1.92 bits per heavy atom. The Balaban J connectivity index is 2.92. The molecular weight excluding hydrogens is 300 g/mol. The van der Waals surface area contributed by atoms with Gasteiger partial charge in [0.1, 0.15) is 5.75 Å². The van der Waals surface area contributed by atoms with E-state index in [0.29, 0.717) is 17.3 Å². The van der Waals surface area contributed by atoms with Crippen molar-refractivity contribution < 1.29 is 10.2 Å². The number of benzene rings is 1. The molecule has 1 rings (SSSR count). The number of rotatable bonds is 3. The molecule has 13 heavy (non-hydrogen) atoms. The van der Waals surface area contributed by atoms with Crippen LogP contribution in [0.1, 0.15) is 12.0 Å². The van der Waals surface area contributed by atoms with Crippen LogP contribution < -0.4 is 0 Å². The minimum Gasteiger partial charge on any atom is -0.506 e. The lowest BCUT2D eigenvalue weighted by molar-refractivity contribution is 0.288. The molecule has 0 amide bonds. The Hall–Kier alpha value is -0.0600.